The predicted octanol–water partition coefficient (Wildman–Crippen LogP) is 5.65. The van der Waals surface area contributed by atoms with Gasteiger partial charge in [0.25, 0.3) is 0 Å². The van der Waals surface area contributed by atoms with Crippen LogP contribution in [0.25, 0.3) is 17.0 Å². The number of hydrogen-bond donors (Lipinski definition) is 0. The maximum atomic E-state index is 4.33. The summed E-state index contributed by atoms with van der Waals surface area (Å²) in [4.78, 5) is 8.38. The van der Waals surface area contributed by atoms with Crippen LogP contribution in [-0.4, -0.2) is 11.7 Å². The van der Waals surface area contributed by atoms with Crippen LogP contribution < -0.4 is 0 Å². The third-order valence-electron chi connectivity index (χ3n) is 2.28. The molecular weight excluding hydrogens is 232 g/mol. The molecule has 1 aromatic heterocycles. The minimum Gasteiger partial charge on any atom is -0.262 e. The van der Waals surface area contributed by atoms with E-state index in [1.54, 1.807) is 6.20 Å². The van der Waals surface area contributed by atoms with Gasteiger partial charge in [-0.15, -0.1) is 0 Å². The molecule has 0 atom stereocenters. The first-order valence-corrected chi connectivity index (χ1v) is 6.84. The zero-order chi connectivity index (χ0) is 14.7. The van der Waals surface area contributed by atoms with Crippen LogP contribution in [0, 0.1) is 0 Å². The highest BCUT2D eigenvalue weighted by Gasteiger charge is 2.03. The lowest BCUT2D eigenvalue weighted by atomic mass is 10.1. The van der Waals surface area contributed by atoms with Crippen LogP contribution in [0.4, 0.5) is 5.69 Å². The molecular formula is C17H24N2. The Morgan fingerprint density at radius 3 is 2.37 bits per heavy atom. The number of aromatic nitrogens is 1. The summed E-state index contributed by atoms with van der Waals surface area (Å²) in [5.41, 5.74) is 2.81. The molecule has 0 aliphatic rings. The summed E-state index contributed by atoms with van der Waals surface area (Å²) in [5.74, 6) is 0. The number of pyridine rings is 1. The van der Waals surface area contributed by atoms with Crippen molar-refractivity contribution in [3.05, 3.63) is 42.1 Å². The van der Waals surface area contributed by atoms with Gasteiger partial charge in [-0.05, 0) is 19.7 Å². The Morgan fingerprint density at radius 2 is 1.79 bits per heavy atom. The number of rotatable bonds is 2. The van der Waals surface area contributed by atoms with Crippen LogP contribution in [-0.2, 0) is 0 Å². The molecule has 102 valence electrons. The summed E-state index contributed by atoms with van der Waals surface area (Å²) in [5, 5.41) is 1.09. The first-order valence-electron chi connectivity index (χ1n) is 6.84. The van der Waals surface area contributed by atoms with E-state index in [-0.39, 0.29) is 0 Å². The average Bonchev–Trinajstić information content (AvgIpc) is 2.51. The van der Waals surface area contributed by atoms with Crippen molar-refractivity contribution in [2.24, 2.45) is 4.99 Å². The van der Waals surface area contributed by atoms with Crippen LogP contribution in [0.2, 0.25) is 0 Å². The van der Waals surface area contributed by atoms with E-state index < -0.39 is 0 Å². The maximum absolute atomic E-state index is 4.33. The minimum absolute atomic E-state index is 0.853. The fourth-order valence-electron chi connectivity index (χ4n) is 1.63. The van der Waals surface area contributed by atoms with Gasteiger partial charge in [0.05, 0.1) is 11.2 Å². The van der Waals surface area contributed by atoms with E-state index in [0.29, 0.717) is 0 Å². The molecule has 0 unspecified atom stereocenters. The molecule has 2 aromatic rings. The van der Waals surface area contributed by atoms with E-state index in [4.69, 9.17) is 0 Å². The van der Waals surface area contributed by atoms with Gasteiger partial charge < -0.3 is 0 Å². The second kappa shape index (κ2) is 10.0. The number of hydrogen-bond acceptors (Lipinski definition) is 2. The van der Waals surface area contributed by atoms with Crippen LogP contribution in [0.15, 0.2) is 41.5 Å². The van der Waals surface area contributed by atoms with Crippen LogP contribution in [0.5, 0.6) is 0 Å². The number of nitrogens with zero attached hydrogens (tertiary/aromatic N) is 2. The van der Waals surface area contributed by atoms with Crippen molar-refractivity contribution >= 4 is 29.4 Å². The van der Waals surface area contributed by atoms with E-state index in [1.807, 2.05) is 71.0 Å². The van der Waals surface area contributed by atoms with Crippen molar-refractivity contribution in [1.29, 1.82) is 0 Å². The molecule has 0 aliphatic carbocycles. The zero-order valence-corrected chi connectivity index (χ0v) is 12.6. The monoisotopic (exact) mass is 256 g/mol. The van der Waals surface area contributed by atoms with Crippen LogP contribution in [0.3, 0.4) is 0 Å². The third-order valence-corrected chi connectivity index (χ3v) is 2.28. The Balaban J connectivity index is 0.000000741. The third kappa shape index (κ3) is 4.32. The topological polar surface area (TPSA) is 25.2 Å². The van der Waals surface area contributed by atoms with Gasteiger partial charge in [0.15, 0.2) is 0 Å². The van der Waals surface area contributed by atoms with Gasteiger partial charge in [-0.2, -0.15) is 0 Å². The second-order valence-electron chi connectivity index (χ2n) is 3.24. The Morgan fingerprint density at radius 1 is 1.11 bits per heavy atom. The van der Waals surface area contributed by atoms with Gasteiger partial charge in [0.2, 0.25) is 0 Å². The highest BCUT2D eigenvalue weighted by atomic mass is 14.8. The van der Waals surface area contributed by atoms with E-state index in [2.05, 4.69) is 16.7 Å². The molecule has 0 bridgehead atoms. The van der Waals surface area contributed by atoms with Crippen molar-refractivity contribution < 1.29 is 0 Å². The lowest BCUT2D eigenvalue weighted by Crippen LogP contribution is -1.82. The van der Waals surface area contributed by atoms with Gasteiger partial charge in [0, 0.05) is 17.1 Å². The molecule has 0 aliphatic heterocycles. The van der Waals surface area contributed by atoms with Crippen molar-refractivity contribution in [3.8, 4) is 0 Å². The van der Waals surface area contributed by atoms with E-state index >= 15 is 0 Å². The summed E-state index contributed by atoms with van der Waals surface area (Å²) in [6, 6.07) is 8.03. The first kappa shape index (κ1) is 17.0. The van der Waals surface area contributed by atoms with E-state index in [9.17, 15) is 0 Å². The number of benzene rings is 1. The Hall–Kier alpha value is -1.96. The summed E-state index contributed by atoms with van der Waals surface area (Å²) in [7, 11) is 0. The molecule has 0 saturated carbocycles. The average molecular weight is 256 g/mol. The van der Waals surface area contributed by atoms with E-state index in [0.717, 1.165) is 22.2 Å². The summed E-state index contributed by atoms with van der Waals surface area (Å²) in [6.07, 6.45) is 5.77. The molecule has 1 heterocycles. The fourth-order valence-corrected chi connectivity index (χ4v) is 1.63. The van der Waals surface area contributed by atoms with Crippen molar-refractivity contribution in [1.82, 2.24) is 4.98 Å². The number of fused-ring (bicyclic) bond motifs is 1. The molecule has 0 saturated heterocycles. The fraction of sp³-hybridized carbons (Fsp3) is 0.294. The lowest BCUT2D eigenvalue weighted by molar-refractivity contribution is 1.39. The SMILES string of the molecule is C=Nc1c(/C=C\C)ccc2cccnc12.CC.CC. The smallest absolute Gasteiger partial charge is 0.0964 e. The molecule has 1 aromatic carbocycles. The normalized spacial score (nSPS) is 9.32. The van der Waals surface area contributed by atoms with Gasteiger partial charge in [-0.1, -0.05) is 58.0 Å². The van der Waals surface area contributed by atoms with Crippen molar-refractivity contribution in [2.45, 2.75) is 34.6 Å². The molecule has 0 fully saturated rings. The van der Waals surface area contributed by atoms with Gasteiger partial charge in [0.1, 0.15) is 0 Å². The Kier molecular flexibility index (Phi) is 8.98. The largest absolute Gasteiger partial charge is 0.262 e. The quantitative estimate of drug-likeness (QED) is 0.637. The lowest BCUT2D eigenvalue weighted by Gasteiger charge is -2.04. The zero-order valence-electron chi connectivity index (χ0n) is 12.6. The number of aliphatic imine (C=N–C) groups is 1. The molecule has 0 N–H and O–H groups in total. The summed E-state index contributed by atoms with van der Waals surface area (Å²) < 4.78 is 0. The minimum atomic E-state index is 0.853. The van der Waals surface area contributed by atoms with Gasteiger partial charge in [-0.25, -0.2) is 0 Å². The maximum Gasteiger partial charge on any atom is 0.0964 e. The standard InChI is InChI=1S/C13H12N2.2C2H6/c1-3-5-10-7-8-11-6-4-9-15-13(11)12(10)14-2;2*1-2/h3-9H,2H2,1H3;2*1-2H3/b5-3-;;. The van der Waals surface area contributed by atoms with Gasteiger partial charge in [-0.3, -0.25) is 9.98 Å². The molecule has 19 heavy (non-hydrogen) atoms. The molecule has 2 heteroatoms. The first-order chi connectivity index (χ1) is 9.36. The van der Waals surface area contributed by atoms with Gasteiger partial charge >= 0.3 is 0 Å². The molecule has 2 rings (SSSR count). The molecule has 0 amide bonds. The Labute approximate surface area is 116 Å². The van der Waals surface area contributed by atoms with Crippen LogP contribution >= 0.6 is 0 Å². The number of allylic oxidation sites excluding steroid dienone is 1. The molecule has 0 radical (unpaired) electrons. The summed E-state index contributed by atoms with van der Waals surface area (Å²) >= 11 is 0. The predicted molar refractivity (Wildman–Crippen MR) is 88.4 cm³/mol. The highest BCUT2D eigenvalue weighted by Crippen LogP contribution is 2.28. The van der Waals surface area contributed by atoms with E-state index in [1.165, 1.54) is 0 Å². The highest BCUT2D eigenvalue weighted by molar-refractivity contribution is 5.93. The van der Waals surface area contributed by atoms with Crippen LogP contribution in [0.1, 0.15) is 40.2 Å². The van der Waals surface area contributed by atoms with Crippen molar-refractivity contribution in [2.75, 3.05) is 0 Å². The molecule has 2 nitrogen and oxygen atoms in total. The Bertz CT molecular complexity index is 528. The second-order valence-corrected chi connectivity index (χ2v) is 3.24. The molecule has 0 spiro atoms. The summed E-state index contributed by atoms with van der Waals surface area (Å²) in [6.45, 7) is 13.6. The van der Waals surface area contributed by atoms with Crippen molar-refractivity contribution in [3.63, 3.8) is 0 Å².